The van der Waals surface area contributed by atoms with E-state index in [1.807, 2.05) is 61.0 Å². The summed E-state index contributed by atoms with van der Waals surface area (Å²) >= 11 is 0. The molecule has 1 amide bonds. The van der Waals surface area contributed by atoms with Gasteiger partial charge in [0.15, 0.2) is 5.82 Å². The molecule has 2 N–H and O–H groups in total. The van der Waals surface area contributed by atoms with Gasteiger partial charge in [-0.3, -0.25) is 19.3 Å². The third kappa shape index (κ3) is 3.99. The Morgan fingerprint density at radius 2 is 2.12 bits per heavy atom. The first-order valence-corrected chi connectivity index (χ1v) is 11.1. The number of rotatable bonds is 6. The van der Waals surface area contributed by atoms with Crippen molar-refractivity contribution in [2.24, 2.45) is 0 Å². The van der Waals surface area contributed by atoms with E-state index in [0.717, 1.165) is 30.7 Å². The highest BCUT2D eigenvalue weighted by molar-refractivity contribution is 5.93. The number of aromatic nitrogens is 6. The quantitative estimate of drug-likeness (QED) is 0.468. The van der Waals surface area contributed by atoms with Crippen molar-refractivity contribution in [3.8, 4) is 0 Å². The lowest BCUT2D eigenvalue weighted by Crippen LogP contribution is -2.33. The number of nitrogens with zero attached hydrogens (tertiary/aromatic N) is 7. The predicted molar refractivity (Wildman–Crippen MR) is 126 cm³/mol. The van der Waals surface area contributed by atoms with E-state index in [-0.39, 0.29) is 18.0 Å². The van der Waals surface area contributed by atoms with Gasteiger partial charge in [0.05, 0.1) is 11.7 Å². The fourth-order valence-corrected chi connectivity index (χ4v) is 4.06. The van der Waals surface area contributed by atoms with Gasteiger partial charge in [0.1, 0.15) is 11.3 Å². The second kappa shape index (κ2) is 8.53. The van der Waals surface area contributed by atoms with Crippen LogP contribution in [0.25, 0.3) is 5.65 Å². The van der Waals surface area contributed by atoms with Gasteiger partial charge in [-0.25, -0.2) is 0 Å². The van der Waals surface area contributed by atoms with E-state index in [2.05, 4.69) is 25.4 Å². The number of fused-ring (bicyclic) bond motifs is 1. The molecule has 4 aromatic heterocycles. The highest BCUT2D eigenvalue weighted by Crippen LogP contribution is 2.34. The van der Waals surface area contributed by atoms with Crippen LogP contribution >= 0.6 is 0 Å². The zero-order valence-electron chi connectivity index (χ0n) is 18.9. The van der Waals surface area contributed by atoms with Gasteiger partial charge in [-0.1, -0.05) is 6.07 Å². The van der Waals surface area contributed by atoms with E-state index in [1.165, 1.54) is 0 Å². The summed E-state index contributed by atoms with van der Waals surface area (Å²) in [6.07, 6.45) is 5.77. The van der Waals surface area contributed by atoms with Gasteiger partial charge >= 0.3 is 0 Å². The van der Waals surface area contributed by atoms with E-state index in [0.29, 0.717) is 23.4 Å². The minimum Gasteiger partial charge on any atom is -0.338 e. The average molecular weight is 446 g/mol. The molecule has 0 spiro atoms. The SMILES string of the molecule is CC(C)N(C)C(=O)c1cc(Nc2nc(N3CCCC3c3ccccn3)nc3cccn23)n[nH]1. The molecule has 10 nitrogen and oxygen atoms in total. The molecule has 1 aliphatic rings. The van der Waals surface area contributed by atoms with E-state index in [9.17, 15) is 4.79 Å². The van der Waals surface area contributed by atoms with Crippen LogP contribution in [-0.4, -0.2) is 60.0 Å². The Morgan fingerprint density at radius 1 is 1.24 bits per heavy atom. The van der Waals surface area contributed by atoms with Gasteiger partial charge in [-0.05, 0) is 51.0 Å². The van der Waals surface area contributed by atoms with Crippen molar-refractivity contribution in [3.63, 3.8) is 0 Å². The smallest absolute Gasteiger partial charge is 0.271 e. The Hall–Kier alpha value is -3.95. The largest absolute Gasteiger partial charge is 0.338 e. The van der Waals surface area contributed by atoms with Crippen molar-refractivity contribution < 1.29 is 4.79 Å². The Bertz CT molecular complexity index is 1260. The predicted octanol–water partition coefficient (Wildman–Crippen LogP) is 3.41. The van der Waals surface area contributed by atoms with Gasteiger partial charge in [0.25, 0.3) is 5.91 Å². The van der Waals surface area contributed by atoms with E-state index < -0.39 is 0 Å². The van der Waals surface area contributed by atoms with Crippen LogP contribution in [0.4, 0.5) is 17.7 Å². The summed E-state index contributed by atoms with van der Waals surface area (Å²) < 4.78 is 1.87. The Balaban J connectivity index is 1.45. The Labute approximate surface area is 191 Å². The molecule has 0 saturated carbocycles. The zero-order valence-corrected chi connectivity index (χ0v) is 18.9. The number of pyridine rings is 1. The molecule has 5 heterocycles. The molecule has 1 unspecified atom stereocenters. The normalized spacial score (nSPS) is 16.0. The molecule has 1 aliphatic heterocycles. The van der Waals surface area contributed by atoms with Crippen LogP contribution < -0.4 is 10.2 Å². The Morgan fingerprint density at radius 3 is 2.91 bits per heavy atom. The number of nitrogens with one attached hydrogen (secondary N) is 2. The zero-order chi connectivity index (χ0) is 22.9. The molecule has 1 saturated heterocycles. The molecule has 5 rings (SSSR count). The molecule has 0 radical (unpaired) electrons. The number of amides is 1. The maximum atomic E-state index is 12.6. The number of aromatic amines is 1. The molecular weight excluding hydrogens is 418 g/mol. The summed E-state index contributed by atoms with van der Waals surface area (Å²) in [4.78, 5) is 30.7. The molecule has 0 bridgehead atoms. The van der Waals surface area contributed by atoms with Crippen LogP contribution in [0.15, 0.2) is 48.8 Å². The van der Waals surface area contributed by atoms with Crippen LogP contribution in [0.5, 0.6) is 0 Å². The van der Waals surface area contributed by atoms with Crippen molar-refractivity contribution >= 4 is 29.3 Å². The lowest BCUT2D eigenvalue weighted by atomic mass is 10.1. The number of carbonyl (C=O) groups is 1. The molecular formula is C23H27N9O. The van der Waals surface area contributed by atoms with Crippen molar-refractivity contribution in [1.82, 2.24) is 34.4 Å². The summed E-state index contributed by atoms with van der Waals surface area (Å²) in [7, 11) is 1.77. The minimum atomic E-state index is -0.115. The van der Waals surface area contributed by atoms with Gasteiger partial charge < -0.3 is 15.1 Å². The molecule has 4 aromatic rings. The molecule has 0 aromatic carbocycles. The number of carbonyl (C=O) groups excluding carboxylic acids is 1. The number of H-pyrrole nitrogens is 1. The topological polar surface area (TPSA) is 107 Å². The van der Waals surface area contributed by atoms with Crippen LogP contribution in [-0.2, 0) is 0 Å². The van der Waals surface area contributed by atoms with Gasteiger partial charge in [-0.15, -0.1) is 0 Å². The lowest BCUT2D eigenvalue weighted by Gasteiger charge is -2.24. The number of hydrogen-bond acceptors (Lipinski definition) is 7. The number of anilines is 3. The van der Waals surface area contributed by atoms with Crippen molar-refractivity contribution in [3.05, 3.63) is 60.2 Å². The third-order valence-corrected chi connectivity index (χ3v) is 6.06. The van der Waals surface area contributed by atoms with Gasteiger partial charge in [-0.2, -0.15) is 15.1 Å². The summed E-state index contributed by atoms with van der Waals surface area (Å²) in [6.45, 7) is 4.80. The molecule has 33 heavy (non-hydrogen) atoms. The second-order valence-corrected chi connectivity index (χ2v) is 8.49. The minimum absolute atomic E-state index is 0.0913. The first-order valence-electron chi connectivity index (χ1n) is 11.1. The standard InChI is InChI=1S/C23H27N9O/c1-15(2)30(3)21(33)17-14-19(29-28-17)25-22-27-23(26-20-10-7-13-32(20)22)31-12-6-9-18(31)16-8-4-5-11-24-16/h4-5,7-8,10-11,13-15,18H,6,9,12H2,1-3H3,(H2,25,26,27,28,29). The maximum Gasteiger partial charge on any atom is 0.271 e. The van der Waals surface area contributed by atoms with Crippen molar-refractivity contribution in [2.45, 2.75) is 38.8 Å². The fraction of sp³-hybridized carbons (Fsp3) is 0.348. The van der Waals surface area contributed by atoms with E-state index in [4.69, 9.17) is 9.97 Å². The third-order valence-electron chi connectivity index (χ3n) is 6.06. The second-order valence-electron chi connectivity index (χ2n) is 8.49. The summed E-state index contributed by atoms with van der Waals surface area (Å²) in [6, 6.07) is 11.8. The molecule has 10 heteroatoms. The summed E-state index contributed by atoms with van der Waals surface area (Å²) in [5.74, 6) is 1.62. The van der Waals surface area contributed by atoms with E-state index in [1.54, 1.807) is 18.0 Å². The molecule has 1 fully saturated rings. The monoisotopic (exact) mass is 445 g/mol. The van der Waals surface area contributed by atoms with Crippen molar-refractivity contribution in [1.29, 1.82) is 0 Å². The lowest BCUT2D eigenvalue weighted by molar-refractivity contribution is 0.0749. The molecule has 0 aliphatic carbocycles. The van der Waals surface area contributed by atoms with Gasteiger partial charge in [0, 0.05) is 38.1 Å². The van der Waals surface area contributed by atoms with Crippen molar-refractivity contribution in [2.75, 3.05) is 23.8 Å². The molecule has 1 atom stereocenters. The van der Waals surface area contributed by atoms with Crippen LogP contribution in [0, 0.1) is 0 Å². The first kappa shape index (κ1) is 20.9. The highest BCUT2D eigenvalue weighted by atomic mass is 16.2. The Kier molecular flexibility index (Phi) is 5.41. The van der Waals surface area contributed by atoms with Gasteiger partial charge in [0.2, 0.25) is 11.9 Å². The average Bonchev–Trinajstić information content (AvgIpc) is 3.58. The summed E-state index contributed by atoms with van der Waals surface area (Å²) in [5, 5.41) is 10.4. The summed E-state index contributed by atoms with van der Waals surface area (Å²) in [5.41, 5.74) is 2.22. The van der Waals surface area contributed by atoms with Crippen LogP contribution in [0.2, 0.25) is 0 Å². The fourth-order valence-electron chi connectivity index (χ4n) is 4.06. The molecule has 170 valence electrons. The first-order chi connectivity index (χ1) is 16.0. The number of hydrogen-bond donors (Lipinski definition) is 2. The van der Waals surface area contributed by atoms with E-state index >= 15 is 0 Å². The highest BCUT2D eigenvalue weighted by Gasteiger charge is 2.30. The van der Waals surface area contributed by atoms with Crippen LogP contribution in [0.3, 0.4) is 0 Å². The maximum absolute atomic E-state index is 12.6. The van der Waals surface area contributed by atoms with Crippen LogP contribution in [0.1, 0.15) is 48.9 Å².